The van der Waals surface area contributed by atoms with Crippen LogP contribution < -0.4 is 10.6 Å². The number of hydrogen-bond acceptors (Lipinski definition) is 3. The lowest BCUT2D eigenvalue weighted by Crippen LogP contribution is -2.72. The summed E-state index contributed by atoms with van der Waals surface area (Å²) in [4.78, 5) is 4.51. The van der Waals surface area contributed by atoms with Crippen LogP contribution in [0.4, 0.5) is 0 Å². The number of fused-ring (bicyclic) bond motifs is 2. The summed E-state index contributed by atoms with van der Waals surface area (Å²) in [6.45, 7) is 2.15. The Morgan fingerprint density at radius 1 is 1.16 bits per heavy atom. The van der Waals surface area contributed by atoms with Gasteiger partial charge in [0.15, 0.2) is 5.96 Å². The molecule has 4 rings (SSSR count). The van der Waals surface area contributed by atoms with Crippen molar-refractivity contribution in [3.8, 4) is 0 Å². The van der Waals surface area contributed by atoms with Gasteiger partial charge in [-0.3, -0.25) is 4.99 Å². The highest BCUT2D eigenvalue weighted by Crippen LogP contribution is 2.62. The smallest absolute Gasteiger partial charge is 0.191 e. The zero-order valence-corrected chi connectivity index (χ0v) is 15.7. The number of guanidine groups is 1. The van der Waals surface area contributed by atoms with Crippen LogP contribution in [0.1, 0.15) is 64.2 Å². The van der Waals surface area contributed by atoms with Crippen molar-refractivity contribution < 1.29 is 9.84 Å². The highest BCUT2D eigenvalue weighted by Gasteiger charge is 2.66. The van der Waals surface area contributed by atoms with Gasteiger partial charge in [-0.25, -0.2) is 0 Å². The predicted molar refractivity (Wildman–Crippen MR) is 99.6 cm³/mol. The van der Waals surface area contributed by atoms with Gasteiger partial charge < -0.3 is 20.5 Å². The first-order valence-electron chi connectivity index (χ1n) is 10.4. The van der Waals surface area contributed by atoms with Crippen molar-refractivity contribution in [3.05, 3.63) is 0 Å². The first-order valence-corrected chi connectivity index (χ1v) is 10.4. The summed E-state index contributed by atoms with van der Waals surface area (Å²) >= 11 is 0. The number of aliphatic hydroxyl groups excluding tert-OH is 1. The highest BCUT2D eigenvalue weighted by atomic mass is 16.5. The minimum Gasteiger partial charge on any atom is -0.396 e. The van der Waals surface area contributed by atoms with Crippen LogP contribution >= 0.6 is 0 Å². The van der Waals surface area contributed by atoms with Gasteiger partial charge in [0.2, 0.25) is 0 Å². The second-order valence-electron chi connectivity index (χ2n) is 8.91. The molecule has 0 aromatic carbocycles. The monoisotopic (exact) mass is 349 g/mol. The van der Waals surface area contributed by atoms with Crippen LogP contribution in [-0.4, -0.2) is 50.0 Å². The summed E-state index contributed by atoms with van der Waals surface area (Å²) in [6.07, 6.45) is 12.9. The van der Waals surface area contributed by atoms with Gasteiger partial charge in [-0.15, -0.1) is 0 Å². The van der Waals surface area contributed by atoms with Crippen molar-refractivity contribution in [2.24, 2.45) is 21.7 Å². The summed E-state index contributed by atoms with van der Waals surface area (Å²) in [5, 5.41) is 16.9. The van der Waals surface area contributed by atoms with Crippen molar-refractivity contribution in [1.82, 2.24) is 10.6 Å². The van der Waals surface area contributed by atoms with E-state index in [2.05, 4.69) is 15.6 Å². The predicted octanol–water partition coefficient (Wildman–Crippen LogP) is 2.44. The van der Waals surface area contributed by atoms with Crippen LogP contribution in [0.3, 0.4) is 0 Å². The average Bonchev–Trinajstić information content (AvgIpc) is 3.00. The Bertz CT molecular complexity index is 492. The molecule has 0 amide bonds. The molecule has 4 fully saturated rings. The van der Waals surface area contributed by atoms with E-state index in [0.717, 1.165) is 25.5 Å². The van der Waals surface area contributed by atoms with E-state index in [4.69, 9.17) is 4.74 Å². The largest absolute Gasteiger partial charge is 0.396 e. The molecule has 3 saturated carbocycles. The summed E-state index contributed by atoms with van der Waals surface area (Å²) in [7, 11) is 1.88. The molecule has 5 heteroatoms. The second kappa shape index (κ2) is 7.07. The van der Waals surface area contributed by atoms with Crippen LogP contribution in [0.25, 0.3) is 0 Å². The van der Waals surface area contributed by atoms with Crippen molar-refractivity contribution in [2.45, 2.75) is 76.4 Å². The van der Waals surface area contributed by atoms with E-state index in [9.17, 15) is 5.11 Å². The first kappa shape index (κ1) is 17.6. The summed E-state index contributed by atoms with van der Waals surface area (Å²) in [5.74, 6) is 1.62. The fraction of sp³-hybridized carbons (Fsp3) is 0.950. The molecular formula is C20H35N3O2. The van der Waals surface area contributed by atoms with E-state index < -0.39 is 0 Å². The normalized spacial score (nSPS) is 35.6. The lowest BCUT2D eigenvalue weighted by molar-refractivity contribution is -0.171. The molecule has 4 aliphatic rings. The zero-order valence-electron chi connectivity index (χ0n) is 15.7. The SMILES string of the molecule is CN=C(NCC1(CCO)CCCCC1)NC1C2CCOC2C12CCC2. The maximum Gasteiger partial charge on any atom is 0.191 e. The molecule has 3 atom stereocenters. The maximum atomic E-state index is 9.52. The van der Waals surface area contributed by atoms with Crippen LogP contribution in [0.15, 0.2) is 4.99 Å². The maximum absolute atomic E-state index is 9.52. The summed E-state index contributed by atoms with van der Waals surface area (Å²) < 4.78 is 6.03. The zero-order chi connectivity index (χ0) is 17.3. The lowest BCUT2D eigenvalue weighted by atomic mass is 9.46. The lowest BCUT2D eigenvalue weighted by Gasteiger charge is -2.63. The van der Waals surface area contributed by atoms with Crippen LogP contribution in [0.2, 0.25) is 0 Å². The van der Waals surface area contributed by atoms with E-state index in [1.807, 2.05) is 7.05 Å². The molecule has 3 aliphatic carbocycles. The molecule has 25 heavy (non-hydrogen) atoms. The van der Waals surface area contributed by atoms with Crippen LogP contribution in [-0.2, 0) is 4.74 Å². The number of nitrogens with zero attached hydrogens (tertiary/aromatic N) is 1. The minimum atomic E-state index is 0.247. The molecule has 142 valence electrons. The van der Waals surface area contributed by atoms with E-state index in [0.29, 0.717) is 30.1 Å². The molecule has 5 nitrogen and oxygen atoms in total. The van der Waals surface area contributed by atoms with E-state index in [-0.39, 0.29) is 5.41 Å². The summed E-state index contributed by atoms with van der Waals surface area (Å²) in [6, 6.07) is 0.528. The van der Waals surface area contributed by atoms with Gasteiger partial charge in [0.1, 0.15) is 0 Å². The number of aliphatic imine (C=N–C) groups is 1. The molecule has 1 heterocycles. The third-order valence-electron chi connectivity index (χ3n) is 7.74. The van der Waals surface area contributed by atoms with Crippen molar-refractivity contribution in [1.29, 1.82) is 0 Å². The molecule has 3 unspecified atom stereocenters. The van der Waals surface area contributed by atoms with E-state index >= 15 is 0 Å². The number of hydrogen-bond donors (Lipinski definition) is 3. The number of aliphatic hydroxyl groups is 1. The number of nitrogens with one attached hydrogen (secondary N) is 2. The Morgan fingerprint density at radius 3 is 2.60 bits per heavy atom. The topological polar surface area (TPSA) is 65.9 Å². The van der Waals surface area contributed by atoms with E-state index in [1.54, 1.807) is 0 Å². The van der Waals surface area contributed by atoms with Gasteiger partial charge in [-0.1, -0.05) is 25.7 Å². The van der Waals surface area contributed by atoms with Gasteiger partial charge in [-0.05, 0) is 43.9 Å². The first-order chi connectivity index (χ1) is 12.2. The minimum absolute atomic E-state index is 0.247. The Morgan fingerprint density at radius 2 is 1.96 bits per heavy atom. The third-order valence-corrected chi connectivity index (χ3v) is 7.74. The number of rotatable bonds is 5. The fourth-order valence-electron chi connectivity index (χ4n) is 6.12. The molecular weight excluding hydrogens is 314 g/mol. The highest BCUT2D eigenvalue weighted by molar-refractivity contribution is 5.80. The van der Waals surface area contributed by atoms with Gasteiger partial charge in [0, 0.05) is 44.2 Å². The third kappa shape index (κ3) is 2.97. The molecule has 0 aromatic heterocycles. The van der Waals surface area contributed by atoms with Gasteiger partial charge in [-0.2, -0.15) is 0 Å². The van der Waals surface area contributed by atoms with Gasteiger partial charge in [0.25, 0.3) is 0 Å². The Labute approximate surface area is 152 Å². The molecule has 1 spiro atoms. The molecule has 1 saturated heterocycles. The standard InChI is InChI=1S/C20H35N3O2/c1-21-18(22-14-19(11-12-24)7-3-2-4-8-19)23-16-15-6-13-25-17(15)20(16)9-5-10-20/h15-17,24H,2-14H2,1H3,(H2,21,22,23). The second-order valence-corrected chi connectivity index (χ2v) is 8.91. The molecule has 3 N–H and O–H groups in total. The van der Waals surface area contributed by atoms with Gasteiger partial charge in [0.05, 0.1) is 6.10 Å². The van der Waals surface area contributed by atoms with Crippen molar-refractivity contribution >= 4 is 5.96 Å². The summed E-state index contributed by atoms with van der Waals surface area (Å²) in [5.41, 5.74) is 0.629. The van der Waals surface area contributed by atoms with Crippen molar-refractivity contribution in [2.75, 3.05) is 26.8 Å². The number of ether oxygens (including phenoxy) is 1. The molecule has 1 aliphatic heterocycles. The van der Waals surface area contributed by atoms with Crippen LogP contribution in [0.5, 0.6) is 0 Å². The Hall–Kier alpha value is -0.810. The molecule has 0 bridgehead atoms. The van der Waals surface area contributed by atoms with Crippen LogP contribution in [0, 0.1) is 16.7 Å². The Kier molecular flexibility index (Phi) is 4.98. The quantitative estimate of drug-likeness (QED) is 0.527. The Balaban J connectivity index is 1.36. The van der Waals surface area contributed by atoms with Crippen molar-refractivity contribution in [3.63, 3.8) is 0 Å². The fourth-order valence-corrected chi connectivity index (χ4v) is 6.12. The van der Waals surface area contributed by atoms with E-state index in [1.165, 1.54) is 57.8 Å². The molecule has 0 aromatic rings. The average molecular weight is 350 g/mol. The van der Waals surface area contributed by atoms with Gasteiger partial charge >= 0.3 is 0 Å². The molecule has 0 radical (unpaired) electrons.